The van der Waals surface area contributed by atoms with Crippen molar-refractivity contribution >= 4 is 11.0 Å². The van der Waals surface area contributed by atoms with Crippen LogP contribution in [0.25, 0.3) is 16.7 Å². The summed E-state index contributed by atoms with van der Waals surface area (Å²) >= 11 is 0. The molecule has 4 nitrogen and oxygen atoms in total. The molecule has 0 radical (unpaired) electrons. The van der Waals surface area contributed by atoms with Crippen LogP contribution in [0.15, 0.2) is 42.5 Å². The zero-order valence-corrected chi connectivity index (χ0v) is 9.83. The summed E-state index contributed by atoms with van der Waals surface area (Å²) < 4.78 is 1.73. The van der Waals surface area contributed by atoms with Crippen LogP contribution in [0.1, 0.15) is 11.1 Å². The zero-order chi connectivity index (χ0) is 12.5. The Bertz CT molecular complexity index is 765. The topological polar surface area (TPSA) is 54.5 Å². The molecule has 0 bridgehead atoms. The van der Waals surface area contributed by atoms with E-state index in [1.807, 2.05) is 43.3 Å². The van der Waals surface area contributed by atoms with Crippen molar-refractivity contribution in [2.75, 3.05) is 0 Å². The van der Waals surface area contributed by atoms with Crippen LogP contribution in [-0.2, 0) is 0 Å². The first-order valence-corrected chi connectivity index (χ1v) is 5.62. The zero-order valence-electron chi connectivity index (χ0n) is 9.83. The Hall–Kier alpha value is -2.67. The first-order valence-electron chi connectivity index (χ1n) is 5.62. The molecule has 1 heterocycles. The van der Waals surface area contributed by atoms with Crippen molar-refractivity contribution in [2.45, 2.75) is 6.92 Å². The fourth-order valence-electron chi connectivity index (χ4n) is 2.06. The summed E-state index contributed by atoms with van der Waals surface area (Å²) in [5.41, 5.74) is 4.14. The maximum absolute atomic E-state index is 9.20. The maximum Gasteiger partial charge on any atom is 0.113 e. The smallest absolute Gasteiger partial charge is 0.113 e. The average Bonchev–Trinajstić information content (AvgIpc) is 2.82. The van der Waals surface area contributed by atoms with E-state index in [0.29, 0.717) is 5.56 Å². The Labute approximate surface area is 104 Å². The molecule has 4 heteroatoms. The van der Waals surface area contributed by atoms with E-state index in [-0.39, 0.29) is 0 Å². The fraction of sp³-hybridized carbons (Fsp3) is 0.0714. The summed E-state index contributed by atoms with van der Waals surface area (Å²) in [6.45, 7) is 1.96. The van der Waals surface area contributed by atoms with Crippen molar-refractivity contribution in [1.82, 2.24) is 15.0 Å². The largest absolute Gasteiger partial charge is 0.211 e. The maximum atomic E-state index is 9.20. The number of benzene rings is 2. The van der Waals surface area contributed by atoms with E-state index in [9.17, 15) is 5.26 Å². The number of hydrogen-bond donors (Lipinski definition) is 0. The van der Waals surface area contributed by atoms with Crippen LogP contribution < -0.4 is 0 Å². The van der Waals surface area contributed by atoms with Gasteiger partial charge in [0.25, 0.3) is 0 Å². The summed E-state index contributed by atoms with van der Waals surface area (Å²) in [5.74, 6) is 0. The first kappa shape index (κ1) is 10.5. The molecule has 0 saturated heterocycles. The van der Waals surface area contributed by atoms with Gasteiger partial charge in [0.2, 0.25) is 0 Å². The lowest BCUT2D eigenvalue weighted by Gasteiger charge is -2.07. The molecular weight excluding hydrogens is 224 g/mol. The average molecular weight is 234 g/mol. The number of fused-ring (bicyclic) bond motifs is 1. The normalized spacial score (nSPS) is 10.4. The SMILES string of the molecule is Cc1cccc(C#N)c1-n1nnc2ccccc21. The van der Waals surface area contributed by atoms with Crippen molar-refractivity contribution in [1.29, 1.82) is 5.26 Å². The molecule has 2 aromatic carbocycles. The summed E-state index contributed by atoms with van der Waals surface area (Å²) in [6, 6.07) is 15.5. The minimum Gasteiger partial charge on any atom is -0.211 e. The van der Waals surface area contributed by atoms with Crippen LogP contribution in [0.5, 0.6) is 0 Å². The predicted octanol–water partition coefficient (Wildman–Crippen LogP) is 2.60. The van der Waals surface area contributed by atoms with Crippen LogP contribution in [0.2, 0.25) is 0 Å². The third-order valence-corrected chi connectivity index (χ3v) is 2.92. The van der Waals surface area contributed by atoms with E-state index in [0.717, 1.165) is 22.3 Å². The van der Waals surface area contributed by atoms with E-state index in [2.05, 4.69) is 16.4 Å². The predicted molar refractivity (Wildman–Crippen MR) is 68.3 cm³/mol. The summed E-state index contributed by atoms with van der Waals surface area (Å²) in [4.78, 5) is 0. The third-order valence-electron chi connectivity index (χ3n) is 2.92. The summed E-state index contributed by atoms with van der Waals surface area (Å²) in [5, 5.41) is 17.5. The molecular formula is C14H10N4. The molecule has 0 aliphatic rings. The molecule has 18 heavy (non-hydrogen) atoms. The standard InChI is InChI=1S/C14H10N4/c1-10-5-4-6-11(9-15)14(10)18-13-8-3-2-7-12(13)16-17-18/h2-8H,1H3. The molecule has 3 aromatic rings. The van der Waals surface area contributed by atoms with Crippen LogP contribution in [0, 0.1) is 18.3 Å². The number of para-hydroxylation sites is 2. The highest BCUT2D eigenvalue weighted by Gasteiger charge is 2.12. The van der Waals surface area contributed by atoms with E-state index >= 15 is 0 Å². The number of aryl methyl sites for hydroxylation is 1. The third kappa shape index (κ3) is 1.45. The molecule has 3 rings (SSSR count). The Morgan fingerprint density at radius 3 is 2.78 bits per heavy atom. The molecule has 0 aliphatic heterocycles. The van der Waals surface area contributed by atoms with Crippen molar-refractivity contribution in [3.63, 3.8) is 0 Å². The van der Waals surface area contributed by atoms with Crippen molar-refractivity contribution < 1.29 is 0 Å². The van der Waals surface area contributed by atoms with Gasteiger partial charge in [0.1, 0.15) is 11.6 Å². The number of nitrogens with zero attached hydrogens (tertiary/aromatic N) is 4. The van der Waals surface area contributed by atoms with Gasteiger partial charge >= 0.3 is 0 Å². The van der Waals surface area contributed by atoms with Crippen LogP contribution in [0.4, 0.5) is 0 Å². The Kier molecular flexibility index (Phi) is 2.31. The van der Waals surface area contributed by atoms with E-state index < -0.39 is 0 Å². The van der Waals surface area contributed by atoms with Crippen LogP contribution in [0.3, 0.4) is 0 Å². The highest BCUT2D eigenvalue weighted by Crippen LogP contribution is 2.22. The van der Waals surface area contributed by atoms with Crippen molar-refractivity contribution in [3.8, 4) is 11.8 Å². The fourth-order valence-corrected chi connectivity index (χ4v) is 2.06. The van der Waals surface area contributed by atoms with Gasteiger partial charge in [-0.25, -0.2) is 4.68 Å². The monoisotopic (exact) mass is 234 g/mol. The molecule has 0 aliphatic carbocycles. The van der Waals surface area contributed by atoms with Gasteiger partial charge < -0.3 is 0 Å². The molecule has 0 N–H and O–H groups in total. The number of aromatic nitrogens is 3. The second-order valence-corrected chi connectivity index (χ2v) is 4.07. The quantitative estimate of drug-likeness (QED) is 0.650. The lowest BCUT2D eigenvalue weighted by Crippen LogP contribution is -2.02. The van der Waals surface area contributed by atoms with Gasteiger partial charge in [-0.3, -0.25) is 0 Å². The van der Waals surface area contributed by atoms with Gasteiger partial charge in [-0.05, 0) is 30.7 Å². The lowest BCUT2D eigenvalue weighted by molar-refractivity contribution is 0.817. The van der Waals surface area contributed by atoms with E-state index in [1.54, 1.807) is 10.7 Å². The Balaban J connectivity index is 2.37. The van der Waals surface area contributed by atoms with Crippen molar-refractivity contribution in [3.05, 3.63) is 53.6 Å². The van der Waals surface area contributed by atoms with Gasteiger partial charge in [0, 0.05) is 0 Å². The van der Waals surface area contributed by atoms with Crippen LogP contribution >= 0.6 is 0 Å². The Morgan fingerprint density at radius 1 is 1.11 bits per heavy atom. The van der Waals surface area contributed by atoms with Crippen molar-refractivity contribution in [2.24, 2.45) is 0 Å². The number of hydrogen-bond acceptors (Lipinski definition) is 3. The molecule has 0 atom stereocenters. The minimum atomic E-state index is 0.602. The molecule has 0 spiro atoms. The number of nitriles is 1. The summed E-state index contributed by atoms with van der Waals surface area (Å²) in [6.07, 6.45) is 0. The molecule has 1 aromatic heterocycles. The van der Waals surface area contributed by atoms with Gasteiger partial charge in [-0.1, -0.05) is 29.5 Å². The molecule has 0 fully saturated rings. The minimum absolute atomic E-state index is 0.602. The van der Waals surface area contributed by atoms with Crippen LogP contribution in [-0.4, -0.2) is 15.0 Å². The van der Waals surface area contributed by atoms with E-state index in [1.165, 1.54) is 0 Å². The molecule has 0 amide bonds. The second-order valence-electron chi connectivity index (χ2n) is 4.07. The second kappa shape index (κ2) is 3.97. The molecule has 86 valence electrons. The number of rotatable bonds is 1. The van der Waals surface area contributed by atoms with Gasteiger partial charge in [0.15, 0.2) is 0 Å². The Morgan fingerprint density at radius 2 is 1.94 bits per heavy atom. The van der Waals surface area contributed by atoms with Gasteiger partial charge in [-0.15, -0.1) is 5.10 Å². The first-order chi connectivity index (χ1) is 8.81. The lowest BCUT2D eigenvalue weighted by atomic mass is 10.1. The molecule has 0 unspecified atom stereocenters. The van der Waals surface area contributed by atoms with Gasteiger partial charge in [-0.2, -0.15) is 5.26 Å². The van der Waals surface area contributed by atoms with Gasteiger partial charge in [0.05, 0.1) is 16.8 Å². The highest BCUT2D eigenvalue weighted by molar-refractivity contribution is 5.77. The summed E-state index contributed by atoms with van der Waals surface area (Å²) in [7, 11) is 0. The van der Waals surface area contributed by atoms with E-state index in [4.69, 9.17) is 0 Å². The highest BCUT2D eigenvalue weighted by atomic mass is 15.4. The molecule has 0 saturated carbocycles.